The molecular formula is C9H12BFO4. The van der Waals surface area contributed by atoms with Crippen LogP contribution >= 0.6 is 0 Å². The standard InChI is InChI=1S/C9H12BFO4/c1-5-8(14-2)6(10(12)13)4-7(11)9(5)15-3/h4,12-13H,1-3H3. The molecule has 4 nitrogen and oxygen atoms in total. The molecule has 0 amide bonds. The van der Waals surface area contributed by atoms with Gasteiger partial charge >= 0.3 is 7.12 Å². The summed E-state index contributed by atoms with van der Waals surface area (Å²) in [6.45, 7) is 1.58. The van der Waals surface area contributed by atoms with Gasteiger partial charge in [-0.2, -0.15) is 0 Å². The minimum Gasteiger partial charge on any atom is -0.497 e. The molecular weight excluding hydrogens is 202 g/mol. The average molecular weight is 214 g/mol. The summed E-state index contributed by atoms with van der Waals surface area (Å²) in [4.78, 5) is 0. The second-order valence-electron chi connectivity index (χ2n) is 3.01. The first-order valence-electron chi connectivity index (χ1n) is 4.30. The maximum absolute atomic E-state index is 13.4. The Morgan fingerprint density at radius 1 is 1.20 bits per heavy atom. The maximum Gasteiger partial charge on any atom is 0.492 e. The van der Waals surface area contributed by atoms with Gasteiger partial charge in [0.25, 0.3) is 0 Å². The second-order valence-corrected chi connectivity index (χ2v) is 3.01. The first-order valence-corrected chi connectivity index (χ1v) is 4.30. The molecule has 0 saturated carbocycles. The van der Waals surface area contributed by atoms with Crippen molar-refractivity contribution < 1.29 is 23.9 Å². The molecule has 2 N–H and O–H groups in total. The van der Waals surface area contributed by atoms with Crippen molar-refractivity contribution in [2.45, 2.75) is 6.92 Å². The van der Waals surface area contributed by atoms with E-state index in [0.29, 0.717) is 5.56 Å². The molecule has 0 atom stereocenters. The fraction of sp³-hybridized carbons (Fsp3) is 0.333. The molecule has 0 radical (unpaired) electrons. The summed E-state index contributed by atoms with van der Waals surface area (Å²) in [6, 6.07) is 0.981. The molecule has 6 heteroatoms. The van der Waals surface area contributed by atoms with Gasteiger partial charge in [-0.3, -0.25) is 0 Å². The van der Waals surface area contributed by atoms with Crippen molar-refractivity contribution in [3.8, 4) is 11.5 Å². The molecule has 0 saturated heterocycles. The van der Waals surface area contributed by atoms with Crippen LogP contribution in [-0.2, 0) is 0 Å². The zero-order valence-electron chi connectivity index (χ0n) is 8.74. The van der Waals surface area contributed by atoms with Crippen LogP contribution in [-0.4, -0.2) is 31.4 Å². The van der Waals surface area contributed by atoms with E-state index in [4.69, 9.17) is 19.5 Å². The Morgan fingerprint density at radius 2 is 1.73 bits per heavy atom. The van der Waals surface area contributed by atoms with Gasteiger partial charge in [-0.15, -0.1) is 0 Å². The molecule has 0 bridgehead atoms. The molecule has 1 rings (SSSR count). The number of halogens is 1. The van der Waals surface area contributed by atoms with E-state index < -0.39 is 12.9 Å². The smallest absolute Gasteiger partial charge is 0.492 e. The summed E-state index contributed by atoms with van der Waals surface area (Å²) in [7, 11) is 0.921. The summed E-state index contributed by atoms with van der Waals surface area (Å²) in [5, 5.41) is 18.0. The lowest BCUT2D eigenvalue weighted by Crippen LogP contribution is -2.32. The van der Waals surface area contributed by atoms with Crippen LogP contribution in [0.2, 0.25) is 0 Å². The Balaban J connectivity index is 3.44. The average Bonchev–Trinajstić information content (AvgIpc) is 2.17. The van der Waals surface area contributed by atoms with Crippen molar-refractivity contribution in [2.75, 3.05) is 14.2 Å². The van der Waals surface area contributed by atoms with Gasteiger partial charge in [0.05, 0.1) is 14.2 Å². The highest BCUT2D eigenvalue weighted by atomic mass is 19.1. The van der Waals surface area contributed by atoms with Crippen molar-refractivity contribution in [1.29, 1.82) is 0 Å². The van der Waals surface area contributed by atoms with E-state index in [1.165, 1.54) is 14.2 Å². The first-order chi connectivity index (χ1) is 7.02. The van der Waals surface area contributed by atoms with Crippen molar-refractivity contribution in [2.24, 2.45) is 0 Å². The summed E-state index contributed by atoms with van der Waals surface area (Å²) < 4.78 is 23.2. The molecule has 0 heterocycles. The largest absolute Gasteiger partial charge is 0.497 e. The van der Waals surface area contributed by atoms with Crippen molar-refractivity contribution in [3.05, 3.63) is 17.4 Å². The van der Waals surface area contributed by atoms with Gasteiger partial charge in [0.2, 0.25) is 0 Å². The van der Waals surface area contributed by atoms with Gasteiger partial charge in [0, 0.05) is 11.0 Å². The van der Waals surface area contributed by atoms with Gasteiger partial charge in [-0.1, -0.05) is 0 Å². The second kappa shape index (κ2) is 4.50. The Hall–Kier alpha value is -1.27. The number of benzene rings is 1. The monoisotopic (exact) mass is 214 g/mol. The fourth-order valence-electron chi connectivity index (χ4n) is 1.48. The summed E-state index contributed by atoms with van der Waals surface area (Å²) in [6.07, 6.45) is 0. The van der Waals surface area contributed by atoms with Crippen LogP contribution < -0.4 is 14.9 Å². The number of methoxy groups -OCH3 is 2. The van der Waals surface area contributed by atoms with Crippen LogP contribution in [0.4, 0.5) is 4.39 Å². The van der Waals surface area contributed by atoms with Gasteiger partial charge in [0.15, 0.2) is 11.6 Å². The highest BCUT2D eigenvalue weighted by Crippen LogP contribution is 2.28. The Labute approximate surface area is 87.4 Å². The molecule has 0 fully saturated rings. The molecule has 82 valence electrons. The third kappa shape index (κ3) is 2.05. The highest BCUT2D eigenvalue weighted by molar-refractivity contribution is 6.59. The van der Waals surface area contributed by atoms with Crippen molar-refractivity contribution in [1.82, 2.24) is 0 Å². The van der Waals surface area contributed by atoms with Gasteiger partial charge in [-0.25, -0.2) is 4.39 Å². The first kappa shape index (κ1) is 11.8. The van der Waals surface area contributed by atoms with Crippen molar-refractivity contribution in [3.63, 3.8) is 0 Å². The molecule has 1 aromatic rings. The molecule has 0 unspecified atom stereocenters. The van der Waals surface area contributed by atoms with E-state index >= 15 is 0 Å². The molecule has 0 spiro atoms. The van der Waals surface area contributed by atoms with E-state index in [0.717, 1.165) is 6.07 Å². The lowest BCUT2D eigenvalue weighted by atomic mass is 9.78. The topological polar surface area (TPSA) is 58.9 Å². The number of rotatable bonds is 3. The SMILES string of the molecule is COc1c(F)cc(B(O)O)c(OC)c1C. The molecule has 0 aliphatic rings. The molecule has 0 aliphatic carbocycles. The van der Waals surface area contributed by atoms with E-state index in [2.05, 4.69) is 0 Å². The van der Waals surface area contributed by atoms with Crippen LogP contribution in [0, 0.1) is 12.7 Å². The van der Waals surface area contributed by atoms with Gasteiger partial charge in [0.1, 0.15) is 5.75 Å². The third-order valence-corrected chi connectivity index (χ3v) is 2.13. The van der Waals surface area contributed by atoms with E-state index in [1.54, 1.807) is 6.92 Å². The van der Waals surface area contributed by atoms with E-state index in [1.807, 2.05) is 0 Å². The van der Waals surface area contributed by atoms with E-state index in [-0.39, 0.29) is 17.0 Å². The van der Waals surface area contributed by atoms with Crippen LogP contribution in [0.5, 0.6) is 11.5 Å². The zero-order valence-corrected chi connectivity index (χ0v) is 8.74. The van der Waals surface area contributed by atoms with Gasteiger partial charge in [-0.05, 0) is 13.0 Å². The van der Waals surface area contributed by atoms with E-state index in [9.17, 15) is 4.39 Å². The summed E-state index contributed by atoms with van der Waals surface area (Å²) in [5.74, 6) is -0.404. The lowest BCUT2D eigenvalue weighted by Gasteiger charge is -2.14. The predicted octanol–water partition coefficient (Wildman–Crippen LogP) is -0.169. The number of ether oxygens (including phenoxy) is 2. The predicted molar refractivity (Wildman–Crippen MR) is 54.1 cm³/mol. The maximum atomic E-state index is 13.4. The Morgan fingerprint density at radius 3 is 2.13 bits per heavy atom. The molecule has 1 aromatic carbocycles. The summed E-state index contributed by atoms with van der Waals surface area (Å²) >= 11 is 0. The minimum atomic E-state index is -1.78. The quantitative estimate of drug-likeness (QED) is 0.686. The normalized spacial score (nSPS) is 10.0. The van der Waals surface area contributed by atoms with Crippen LogP contribution in [0.15, 0.2) is 6.07 Å². The van der Waals surface area contributed by atoms with Crippen LogP contribution in [0.3, 0.4) is 0 Å². The molecule has 0 aromatic heterocycles. The zero-order chi connectivity index (χ0) is 11.6. The van der Waals surface area contributed by atoms with Crippen molar-refractivity contribution >= 4 is 12.6 Å². The highest BCUT2D eigenvalue weighted by Gasteiger charge is 2.23. The lowest BCUT2D eigenvalue weighted by molar-refractivity contribution is 0.367. The Kier molecular flexibility index (Phi) is 3.54. The summed E-state index contributed by atoms with van der Waals surface area (Å²) in [5.41, 5.74) is 0.372. The van der Waals surface area contributed by atoms with Gasteiger partial charge < -0.3 is 19.5 Å². The fourth-order valence-corrected chi connectivity index (χ4v) is 1.48. The number of hydrogen-bond acceptors (Lipinski definition) is 4. The number of hydrogen-bond donors (Lipinski definition) is 2. The molecule has 15 heavy (non-hydrogen) atoms. The third-order valence-electron chi connectivity index (χ3n) is 2.13. The molecule has 0 aliphatic heterocycles. The Bertz CT molecular complexity index is 368. The van der Waals surface area contributed by atoms with Crippen LogP contribution in [0.1, 0.15) is 5.56 Å². The van der Waals surface area contributed by atoms with Crippen LogP contribution in [0.25, 0.3) is 0 Å². The minimum absolute atomic E-state index is 0.0201.